The van der Waals surface area contributed by atoms with Crippen molar-refractivity contribution in [3.63, 3.8) is 0 Å². The molecular formula is C29H37N3O3S. The highest BCUT2D eigenvalue weighted by molar-refractivity contribution is 7.89. The third kappa shape index (κ3) is 8.01. The number of nitrogen functional groups attached to an aromatic ring is 1. The number of hydrogen-bond acceptors (Lipinski definition) is 5. The van der Waals surface area contributed by atoms with Crippen LogP contribution in [0.4, 0.5) is 5.69 Å². The lowest BCUT2D eigenvalue weighted by molar-refractivity contribution is 0.0949. The van der Waals surface area contributed by atoms with Crippen molar-refractivity contribution in [1.29, 1.82) is 0 Å². The molecule has 0 heterocycles. The van der Waals surface area contributed by atoms with Crippen molar-refractivity contribution < 1.29 is 13.2 Å². The van der Waals surface area contributed by atoms with Gasteiger partial charge in [-0.25, -0.2) is 13.1 Å². The Hall–Kier alpha value is -3.00. The minimum absolute atomic E-state index is 0.00909. The Balaban J connectivity index is 1.75. The summed E-state index contributed by atoms with van der Waals surface area (Å²) < 4.78 is 28.6. The Bertz CT molecular complexity index is 1210. The van der Waals surface area contributed by atoms with Gasteiger partial charge in [-0.3, -0.25) is 4.79 Å². The van der Waals surface area contributed by atoms with Crippen molar-refractivity contribution in [2.45, 2.75) is 39.2 Å². The van der Waals surface area contributed by atoms with Crippen LogP contribution in [0, 0.1) is 0 Å². The first-order chi connectivity index (χ1) is 17.3. The number of carbonyl (C=O) groups excluding carboxylic acids is 1. The van der Waals surface area contributed by atoms with Crippen LogP contribution < -0.4 is 10.5 Å². The molecular weight excluding hydrogens is 470 g/mol. The summed E-state index contributed by atoms with van der Waals surface area (Å²) in [5.74, 6) is -0.240. The van der Waals surface area contributed by atoms with E-state index in [0.717, 1.165) is 29.8 Å². The molecule has 3 N–H and O–H groups in total. The summed E-state index contributed by atoms with van der Waals surface area (Å²) in [6.07, 6.45) is 1.49. The molecule has 0 aromatic heterocycles. The van der Waals surface area contributed by atoms with Crippen LogP contribution in [-0.2, 0) is 16.4 Å². The fraction of sp³-hybridized carbons (Fsp3) is 0.345. The van der Waals surface area contributed by atoms with Gasteiger partial charge in [0.05, 0.1) is 11.8 Å². The number of benzene rings is 3. The van der Waals surface area contributed by atoms with Gasteiger partial charge in [0.25, 0.3) is 0 Å². The highest BCUT2D eigenvalue weighted by Gasteiger charge is 2.25. The smallest absolute Gasteiger partial charge is 0.212 e. The average Bonchev–Trinajstić information content (AvgIpc) is 2.89. The number of Topliss-reactive ketones (excluding diaryl/α,β-unsaturated/α-hetero) is 1. The number of para-hydroxylation sites is 1. The minimum Gasteiger partial charge on any atom is -0.398 e. The number of nitrogens with two attached hydrogens (primary N) is 1. The molecule has 36 heavy (non-hydrogen) atoms. The van der Waals surface area contributed by atoms with Crippen LogP contribution in [-0.4, -0.2) is 50.5 Å². The molecule has 0 saturated heterocycles. The maximum atomic E-state index is 13.5. The van der Waals surface area contributed by atoms with Gasteiger partial charge < -0.3 is 10.6 Å². The van der Waals surface area contributed by atoms with E-state index in [0.29, 0.717) is 37.1 Å². The van der Waals surface area contributed by atoms with Gasteiger partial charge in [-0.1, -0.05) is 86.6 Å². The molecule has 0 saturated carbocycles. The Morgan fingerprint density at radius 3 is 2.19 bits per heavy atom. The van der Waals surface area contributed by atoms with E-state index < -0.39 is 16.1 Å². The molecule has 0 aliphatic carbocycles. The molecule has 7 heteroatoms. The van der Waals surface area contributed by atoms with Crippen LogP contribution in [0.3, 0.4) is 0 Å². The summed E-state index contributed by atoms with van der Waals surface area (Å²) in [6.45, 7) is 6.60. The second-order valence-corrected chi connectivity index (χ2v) is 10.8. The predicted molar refractivity (Wildman–Crippen MR) is 148 cm³/mol. The number of aryl methyl sites for hydroxylation is 1. The van der Waals surface area contributed by atoms with Crippen LogP contribution in [0.2, 0.25) is 0 Å². The Morgan fingerprint density at radius 2 is 1.56 bits per heavy atom. The summed E-state index contributed by atoms with van der Waals surface area (Å²) >= 11 is 0. The highest BCUT2D eigenvalue weighted by Crippen LogP contribution is 2.26. The van der Waals surface area contributed by atoms with Gasteiger partial charge in [0.15, 0.2) is 5.78 Å². The van der Waals surface area contributed by atoms with Crippen LogP contribution in [0.25, 0.3) is 11.1 Å². The number of nitrogens with zero attached hydrogens (tertiary/aromatic N) is 1. The lowest BCUT2D eigenvalue weighted by Crippen LogP contribution is -2.42. The van der Waals surface area contributed by atoms with Crippen LogP contribution >= 0.6 is 0 Å². The van der Waals surface area contributed by atoms with Crippen LogP contribution in [0.1, 0.15) is 42.6 Å². The summed E-state index contributed by atoms with van der Waals surface area (Å²) in [5.41, 5.74) is 10.1. The molecule has 192 valence electrons. The first kappa shape index (κ1) is 27.6. The second kappa shape index (κ2) is 13.3. The van der Waals surface area contributed by atoms with Gasteiger partial charge in [-0.15, -0.1) is 0 Å². The lowest BCUT2D eigenvalue weighted by atomic mass is 9.96. The molecule has 0 aliphatic heterocycles. The van der Waals surface area contributed by atoms with E-state index in [2.05, 4.69) is 23.5 Å². The van der Waals surface area contributed by atoms with E-state index in [9.17, 15) is 13.2 Å². The molecule has 0 bridgehead atoms. The van der Waals surface area contributed by atoms with E-state index in [1.807, 2.05) is 66.7 Å². The third-order valence-electron chi connectivity index (χ3n) is 6.43. The summed E-state index contributed by atoms with van der Waals surface area (Å²) in [7, 11) is -3.62. The molecule has 1 atom stereocenters. The van der Waals surface area contributed by atoms with Crippen molar-refractivity contribution in [3.8, 4) is 11.1 Å². The zero-order valence-corrected chi connectivity index (χ0v) is 22.0. The molecule has 0 amide bonds. The van der Waals surface area contributed by atoms with Gasteiger partial charge in [0.2, 0.25) is 10.0 Å². The lowest BCUT2D eigenvalue weighted by Gasteiger charge is -2.20. The number of ketones is 1. The van der Waals surface area contributed by atoms with E-state index in [1.165, 1.54) is 0 Å². The van der Waals surface area contributed by atoms with Gasteiger partial charge in [0.1, 0.15) is 0 Å². The van der Waals surface area contributed by atoms with Crippen molar-refractivity contribution >= 4 is 21.5 Å². The van der Waals surface area contributed by atoms with E-state index in [1.54, 1.807) is 12.1 Å². The molecule has 0 unspecified atom stereocenters. The monoisotopic (exact) mass is 507 g/mol. The number of hydrogen-bond donors (Lipinski definition) is 2. The third-order valence-corrected chi connectivity index (χ3v) is 7.90. The van der Waals surface area contributed by atoms with Crippen molar-refractivity contribution in [3.05, 3.63) is 90.0 Å². The molecule has 0 fully saturated rings. The van der Waals surface area contributed by atoms with Gasteiger partial charge >= 0.3 is 0 Å². The summed E-state index contributed by atoms with van der Waals surface area (Å²) in [5, 5.41) is 0. The molecule has 6 nitrogen and oxygen atoms in total. The first-order valence-corrected chi connectivity index (χ1v) is 14.2. The fourth-order valence-corrected chi connectivity index (χ4v) is 5.55. The standard InChI is InChI=1S/C29H37N3O3S/c1-3-32(4-2)21-10-22-36(34,35)31-28(20-15-23-11-6-5-7-12-23)29(33)25-18-16-24(17-19-25)26-13-8-9-14-27(26)30/h5-9,11-14,16-19,28,31H,3-4,10,15,20-22,30H2,1-2H3/t28-/m1/s1. The zero-order valence-electron chi connectivity index (χ0n) is 21.2. The fourth-order valence-electron chi connectivity index (χ4n) is 4.27. The van der Waals surface area contributed by atoms with E-state index >= 15 is 0 Å². The second-order valence-electron chi connectivity index (χ2n) is 8.92. The Labute approximate surface area is 215 Å². The minimum atomic E-state index is -3.62. The summed E-state index contributed by atoms with van der Waals surface area (Å²) in [6, 6.07) is 23.7. The van der Waals surface area contributed by atoms with Crippen molar-refractivity contribution in [1.82, 2.24) is 9.62 Å². The molecule has 3 rings (SSSR count). The number of nitrogens with one attached hydrogen (secondary N) is 1. The Kier molecular flexibility index (Phi) is 10.2. The molecule has 3 aromatic carbocycles. The van der Waals surface area contributed by atoms with Crippen molar-refractivity contribution in [2.75, 3.05) is 31.1 Å². The van der Waals surface area contributed by atoms with Crippen LogP contribution in [0.15, 0.2) is 78.9 Å². The summed E-state index contributed by atoms with van der Waals surface area (Å²) in [4.78, 5) is 15.7. The number of carbonyl (C=O) groups is 1. The molecule has 3 aromatic rings. The SMILES string of the molecule is CCN(CC)CCCS(=O)(=O)N[C@H](CCc1ccccc1)C(=O)c1ccc(-c2ccccc2N)cc1. The maximum absolute atomic E-state index is 13.5. The van der Waals surface area contributed by atoms with Gasteiger partial charge in [-0.05, 0) is 56.1 Å². The number of anilines is 1. The topological polar surface area (TPSA) is 92.5 Å². The zero-order chi connectivity index (χ0) is 26.0. The number of sulfonamides is 1. The quantitative estimate of drug-likeness (QED) is 0.242. The van der Waals surface area contributed by atoms with Crippen LogP contribution in [0.5, 0.6) is 0 Å². The Morgan fingerprint density at radius 1 is 0.917 bits per heavy atom. The van der Waals surface area contributed by atoms with Crippen molar-refractivity contribution in [2.24, 2.45) is 0 Å². The van der Waals surface area contributed by atoms with E-state index in [-0.39, 0.29) is 11.5 Å². The molecule has 0 spiro atoms. The predicted octanol–water partition coefficient (Wildman–Crippen LogP) is 4.77. The maximum Gasteiger partial charge on any atom is 0.212 e. The largest absolute Gasteiger partial charge is 0.398 e. The van der Waals surface area contributed by atoms with Gasteiger partial charge in [0, 0.05) is 16.8 Å². The average molecular weight is 508 g/mol. The normalized spacial score (nSPS) is 12.5. The number of rotatable bonds is 14. The molecule has 0 aliphatic rings. The highest BCUT2D eigenvalue weighted by atomic mass is 32.2. The molecule has 0 radical (unpaired) electrons. The van der Waals surface area contributed by atoms with E-state index in [4.69, 9.17) is 5.73 Å². The van der Waals surface area contributed by atoms with Gasteiger partial charge in [-0.2, -0.15) is 0 Å². The first-order valence-electron chi connectivity index (χ1n) is 12.6.